The number of amides is 1. The van der Waals surface area contributed by atoms with Crippen LogP contribution in [0.4, 0.5) is 14.5 Å². The van der Waals surface area contributed by atoms with Crippen molar-refractivity contribution < 1.29 is 13.6 Å². The van der Waals surface area contributed by atoms with Crippen LogP contribution in [0.2, 0.25) is 0 Å². The molecular formula is C24H19F2N3O. The van der Waals surface area contributed by atoms with Crippen LogP contribution in [-0.4, -0.2) is 15.5 Å². The second-order valence-corrected chi connectivity index (χ2v) is 6.97. The summed E-state index contributed by atoms with van der Waals surface area (Å²) in [6.45, 7) is 2.47. The zero-order valence-electron chi connectivity index (χ0n) is 16.3. The van der Waals surface area contributed by atoms with Crippen LogP contribution in [-0.2, 0) is 6.54 Å². The third kappa shape index (κ3) is 3.98. The smallest absolute Gasteiger partial charge is 0.261 e. The molecule has 3 aromatic carbocycles. The average Bonchev–Trinajstić information content (AvgIpc) is 3.23. The van der Waals surface area contributed by atoms with Gasteiger partial charge in [-0.15, -0.1) is 0 Å². The Balaban J connectivity index is 1.73. The van der Waals surface area contributed by atoms with Crippen LogP contribution in [0, 0.1) is 18.6 Å². The van der Waals surface area contributed by atoms with E-state index in [0.29, 0.717) is 12.2 Å². The van der Waals surface area contributed by atoms with E-state index in [1.807, 2.05) is 54.1 Å². The molecule has 1 N–H and O–H groups in total. The maximum Gasteiger partial charge on any atom is 0.261 e. The Morgan fingerprint density at radius 1 is 1.03 bits per heavy atom. The molecule has 0 aliphatic heterocycles. The number of imidazole rings is 1. The standard InChI is InChI=1S/C24H19F2N3O/c1-16-5-2-3-6-19(16)17-9-10-22(18(13-17)14-29-12-11-27-15-29)28-24(30)23-20(25)7-4-8-21(23)26/h2-13,15H,14H2,1H3,(H,28,30). The highest BCUT2D eigenvalue weighted by molar-refractivity contribution is 6.05. The molecule has 1 amide bonds. The van der Waals surface area contributed by atoms with Gasteiger partial charge < -0.3 is 9.88 Å². The first kappa shape index (κ1) is 19.5. The minimum Gasteiger partial charge on any atom is -0.333 e. The molecule has 1 heterocycles. The summed E-state index contributed by atoms with van der Waals surface area (Å²) >= 11 is 0. The van der Waals surface area contributed by atoms with Crippen LogP contribution in [0.25, 0.3) is 11.1 Å². The Bertz CT molecular complexity index is 1180. The molecule has 0 saturated heterocycles. The predicted octanol–water partition coefficient (Wildman–Crippen LogP) is 5.44. The van der Waals surface area contributed by atoms with Gasteiger partial charge in [0.05, 0.1) is 12.9 Å². The van der Waals surface area contributed by atoms with Gasteiger partial charge in [0.25, 0.3) is 5.91 Å². The molecule has 0 aliphatic carbocycles. The molecule has 30 heavy (non-hydrogen) atoms. The first-order chi connectivity index (χ1) is 14.5. The van der Waals surface area contributed by atoms with Crippen molar-refractivity contribution in [2.75, 3.05) is 5.32 Å². The molecule has 0 atom stereocenters. The Kier molecular flexibility index (Phi) is 5.39. The summed E-state index contributed by atoms with van der Waals surface area (Å²) in [5, 5.41) is 2.66. The maximum atomic E-state index is 14.0. The van der Waals surface area contributed by atoms with Crippen molar-refractivity contribution in [3.63, 3.8) is 0 Å². The summed E-state index contributed by atoms with van der Waals surface area (Å²) in [5.41, 5.74) is 3.85. The number of anilines is 1. The van der Waals surface area contributed by atoms with Crippen molar-refractivity contribution in [3.8, 4) is 11.1 Å². The number of aryl methyl sites for hydroxylation is 1. The molecule has 1 aromatic heterocycles. The van der Waals surface area contributed by atoms with Crippen molar-refractivity contribution >= 4 is 11.6 Å². The van der Waals surface area contributed by atoms with Gasteiger partial charge in [-0.3, -0.25) is 4.79 Å². The van der Waals surface area contributed by atoms with Gasteiger partial charge >= 0.3 is 0 Å². The number of rotatable bonds is 5. The lowest BCUT2D eigenvalue weighted by molar-refractivity contribution is 0.101. The second-order valence-electron chi connectivity index (χ2n) is 6.97. The molecule has 150 valence electrons. The van der Waals surface area contributed by atoms with E-state index in [2.05, 4.69) is 10.3 Å². The first-order valence-corrected chi connectivity index (χ1v) is 9.43. The highest BCUT2D eigenvalue weighted by Gasteiger charge is 2.18. The highest BCUT2D eigenvalue weighted by atomic mass is 19.1. The topological polar surface area (TPSA) is 46.9 Å². The van der Waals surface area contributed by atoms with E-state index in [1.165, 1.54) is 6.07 Å². The molecule has 6 heteroatoms. The summed E-state index contributed by atoms with van der Waals surface area (Å²) < 4.78 is 29.9. The third-order valence-electron chi connectivity index (χ3n) is 4.91. The SMILES string of the molecule is Cc1ccccc1-c1ccc(NC(=O)c2c(F)cccc2F)c(Cn2ccnc2)c1. The van der Waals surface area contributed by atoms with Gasteiger partial charge in [0.15, 0.2) is 0 Å². The van der Waals surface area contributed by atoms with Crippen LogP contribution in [0.15, 0.2) is 79.4 Å². The molecule has 4 aromatic rings. The summed E-state index contributed by atoms with van der Waals surface area (Å²) in [5.74, 6) is -2.64. The summed E-state index contributed by atoms with van der Waals surface area (Å²) in [6, 6.07) is 16.9. The minimum atomic E-state index is -0.903. The number of aromatic nitrogens is 2. The molecule has 0 fully saturated rings. The zero-order chi connectivity index (χ0) is 21.1. The number of carbonyl (C=O) groups excluding carboxylic acids is 1. The molecule has 4 nitrogen and oxygen atoms in total. The maximum absolute atomic E-state index is 14.0. The van der Waals surface area contributed by atoms with E-state index >= 15 is 0 Å². The van der Waals surface area contributed by atoms with Crippen molar-refractivity contribution in [1.82, 2.24) is 9.55 Å². The molecular weight excluding hydrogens is 384 g/mol. The number of halogens is 2. The highest BCUT2D eigenvalue weighted by Crippen LogP contribution is 2.29. The molecule has 0 radical (unpaired) electrons. The van der Waals surface area contributed by atoms with Crippen LogP contribution in [0.1, 0.15) is 21.5 Å². The molecule has 0 aliphatic rings. The zero-order valence-corrected chi connectivity index (χ0v) is 16.3. The van der Waals surface area contributed by atoms with E-state index in [1.54, 1.807) is 18.6 Å². The molecule has 0 bridgehead atoms. The van der Waals surface area contributed by atoms with E-state index < -0.39 is 23.1 Å². The molecule has 0 spiro atoms. The van der Waals surface area contributed by atoms with Gasteiger partial charge in [-0.25, -0.2) is 13.8 Å². The fourth-order valence-corrected chi connectivity index (χ4v) is 3.39. The predicted molar refractivity (Wildman–Crippen MR) is 112 cm³/mol. The number of nitrogens with zero attached hydrogens (tertiary/aromatic N) is 2. The van der Waals surface area contributed by atoms with Gasteiger partial charge in [0, 0.05) is 18.1 Å². The molecule has 0 saturated carbocycles. The quantitative estimate of drug-likeness (QED) is 0.483. The third-order valence-corrected chi connectivity index (χ3v) is 4.91. The lowest BCUT2D eigenvalue weighted by Crippen LogP contribution is -2.17. The molecule has 0 unspecified atom stereocenters. The van der Waals surface area contributed by atoms with Gasteiger partial charge in [-0.1, -0.05) is 36.4 Å². The van der Waals surface area contributed by atoms with Gasteiger partial charge in [-0.2, -0.15) is 0 Å². The largest absolute Gasteiger partial charge is 0.333 e. The van der Waals surface area contributed by atoms with E-state index in [0.717, 1.165) is 34.4 Å². The number of benzene rings is 3. The van der Waals surface area contributed by atoms with Crippen molar-refractivity contribution in [3.05, 3.63) is 108 Å². The molecule has 4 rings (SSSR count). The minimum absolute atomic E-state index is 0.440. The average molecular weight is 403 g/mol. The van der Waals surface area contributed by atoms with E-state index in [4.69, 9.17) is 0 Å². The normalized spacial score (nSPS) is 10.8. The Labute approximate surface area is 172 Å². The van der Waals surface area contributed by atoms with Crippen LogP contribution >= 0.6 is 0 Å². The van der Waals surface area contributed by atoms with Crippen LogP contribution in [0.5, 0.6) is 0 Å². The monoisotopic (exact) mass is 403 g/mol. The van der Waals surface area contributed by atoms with Gasteiger partial charge in [-0.05, 0) is 53.4 Å². The van der Waals surface area contributed by atoms with Crippen molar-refractivity contribution in [2.45, 2.75) is 13.5 Å². The first-order valence-electron chi connectivity index (χ1n) is 9.43. The number of nitrogens with one attached hydrogen (secondary N) is 1. The van der Waals surface area contributed by atoms with Crippen LogP contribution in [0.3, 0.4) is 0 Å². The Morgan fingerprint density at radius 3 is 2.50 bits per heavy atom. The Morgan fingerprint density at radius 2 is 1.80 bits per heavy atom. The number of carbonyl (C=O) groups is 1. The number of hydrogen-bond donors (Lipinski definition) is 1. The number of hydrogen-bond acceptors (Lipinski definition) is 2. The van der Waals surface area contributed by atoms with Crippen molar-refractivity contribution in [1.29, 1.82) is 0 Å². The van der Waals surface area contributed by atoms with Gasteiger partial charge in [0.1, 0.15) is 17.2 Å². The second kappa shape index (κ2) is 8.29. The lowest BCUT2D eigenvalue weighted by atomic mass is 9.98. The summed E-state index contributed by atoms with van der Waals surface area (Å²) in [4.78, 5) is 16.7. The van der Waals surface area contributed by atoms with Crippen LogP contribution < -0.4 is 5.32 Å². The fourth-order valence-electron chi connectivity index (χ4n) is 3.39. The summed E-state index contributed by atoms with van der Waals surface area (Å²) in [6.07, 6.45) is 5.14. The van der Waals surface area contributed by atoms with E-state index in [-0.39, 0.29) is 0 Å². The van der Waals surface area contributed by atoms with Gasteiger partial charge in [0.2, 0.25) is 0 Å². The summed E-state index contributed by atoms with van der Waals surface area (Å²) in [7, 11) is 0. The fraction of sp³-hybridized carbons (Fsp3) is 0.0833. The van der Waals surface area contributed by atoms with E-state index in [9.17, 15) is 13.6 Å². The van der Waals surface area contributed by atoms with Crippen molar-refractivity contribution in [2.24, 2.45) is 0 Å². The Hall–Kier alpha value is -3.80. The lowest BCUT2D eigenvalue weighted by Gasteiger charge is -2.15.